The highest BCUT2D eigenvalue weighted by molar-refractivity contribution is 7.89. The molecule has 3 aliphatic rings. The van der Waals surface area contributed by atoms with Crippen LogP contribution in [0.2, 0.25) is 5.02 Å². The third-order valence-corrected chi connectivity index (χ3v) is 9.45. The lowest BCUT2D eigenvalue weighted by Gasteiger charge is -2.38. The fraction of sp³-hybridized carbons (Fsp3) is 0.583. The third-order valence-electron chi connectivity index (χ3n) is 7.76. The molecule has 0 atom stereocenters. The van der Waals surface area contributed by atoms with Gasteiger partial charge in [-0.25, -0.2) is 13.1 Å². The van der Waals surface area contributed by atoms with Crippen molar-refractivity contribution in [1.82, 2.24) is 19.4 Å². The number of aromatic nitrogens is 2. The van der Waals surface area contributed by atoms with Crippen molar-refractivity contribution >= 4 is 33.2 Å². The molecule has 8 nitrogen and oxygen atoms in total. The molecule has 0 unspecified atom stereocenters. The SMILES string of the molecule is CCS(=O)(=O)N[C@H]1C[C@H](Cn2cc(CN3CCC4(CC3)C(=O)N(C)c3ccc(Cl)cc34)cn2)C1. The number of nitrogens with one attached hydrogen (secondary N) is 1. The molecule has 1 saturated carbocycles. The second-order valence-electron chi connectivity index (χ2n) is 10.0. The molecule has 2 aliphatic heterocycles. The second kappa shape index (κ2) is 8.93. The summed E-state index contributed by atoms with van der Waals surface area (Å²) >= 11 is 6.27. The highest BCUT2D eigenvalue weighted by Crippen LogP contribution is 2.48. The van der Waals surface area contributed by atoms with Crippen molar-refractivity contribution in [2.45, 2.75) is 57.2 Å². The number of piperidine rings is 1. The first-order valence-corrected chi connectivity index (χ1v) is 14.0. The van der Waals surface area contributed by atoms with Gasteiger partial charge in [-0.1, -0.05) is 11.6 Å². The van der Waals surface area contributed by atoms with Gasteiger partial charge in [-0.3, -0.25) is 14.4 Å². The molecule has 10 heteroatoms. The topological polar surface area (TPSA) is 87.5 Å². The Morgan fingerprint density at radius 2 is 1.97 bits per heavy atom. The zero-order valence-electron chi connectivity index (χ0n) is 19.7. The Hall–Kier alpha value is -1.94. The second-order valence-corrected chi connectivity index (χ2v) is 12.5. The van der Waals surface area contributed by atoms with Gasteiger partial charge < -0.3 is 4.90 Å². The monoisotopic (exact) mass is 505 g/mol. The van der Waals surface area contributed by atoms with Crippen LogP contribution in [0.4, 0.5) is 5.69 Å². The van der Waals surface area contributed by atoms with Crippen LogP contribution < -0.4 is 9.62 Å². The number of hydrogen-bond acceptors (Lipinski definition) is 5. The first kappa shape index (κ1) is 23.8. The molecular formula is C24H32ClN5O3S. The Morgan fingerprint density at radius 1 is 1.24 bits per heavy atom. The van der Waals surface area contributed by atoms with E-state index in [9.17, 15) is 13.2 Å². The van der Waals surface area contributed by atoms with E-state index in [1.54, 1.807) is 11.8 Å². The molecule has 0 bridgehead atoms. The molecule has 1 aromatic carbocycles. The summed E-state index contributed by atoms with van der Waals surface area (Å²) in [7, 11) is -1.28. The maximum absolute atomic E-state index is 13.2. The van der Waals surface area contributed by atoms with E-state index in [-0.39, 0.29) is 17.7 Å². The fourth-order valence-corrected chi connectivity index (χ4v) is 6.77. The number of sulfonamides is 1. The van der Waals surface area contributed by atoms with Crippen molar-refractivity contribution in [3.8, 4) is 0 Å². The van der Waals surface area contributed by atoms with Crippen molar-refractivity contribution in [2.75, 3.05) is 30.8 Å². The number of carbonyl (C=O) groups excluding carboxylic acids is 1. The lowest BCUT2D eigenvalue weighted by Crippen LogP contribution is -2.47. The van der Waals surface area contributed by atoms with Crippen LogP contribution in [-0.2, 0) is 33.3 Å². The molecule has 1 aliphatic carbocycles. The van der Waals surface area contributed by atoms with Crippen LogP contribution >= 0.6 is 11.6 Å². The van der Waals surface area contributed by atoms with Crippen molar-refractivity contribution in [3.05, 3.63) is 46.7 Å². The quantitative estimate of drug-likeness (QED) is 0.625. The molecule has 3 heterocycles. The van der Waals surface area contributed by atoms with Gasteiger partial charge in [0.2, 0.25) is 15.9 Å². The van der Waals surface area contributed by atoms with E-state index in [0.29, 0.717) is 10.9 Å². The van der Waals surface area contributed by atoms with Gasteiger partial charge in [-0.15, -0.1) is 0 Å². The van der Waals surface area contributed by atoms with Crippen molar-refractivity contribution in [2.24, 2.45) is 5.92 Å². The summed E-state index contributed by atoms with van der Waals surface area (Å²) in [5, 5.41) is 5.21. The number of anilines is 1. The Balaban J connectivity index is 1.14. The summed E-state index contributed by atoms with van der Waals surface area (Å²) in [5.74, 6) is 0.751. The largest absolute Gasteiger partial charge is 0.314 e. The van der Waals surface area contributed by atoms with Crippen LogP contribution in [0.15, 0.2) is 30.6 Å². The summed E-state index contributed by atoms with van der Waals surface area (Å²) in [4.78, 5) is 17.4. The smallest absolute Gasteiger partial charge is 0.237 e. The Kier molecular flexibility index (Phi) is 6.25. The predicted octanol–water partition coefficient (Wildman–Crippen LogP) is 2.76. The van der Waals surface area contributed by atoms with Crippen LogP contribution in [0.1, 0.15) is 43.7 Å². The van der Waals surface area contributed by atoms with E-state index in [2.05, 4.69) is 20.9 Å². The zero-order chi connectivity index (χ0) is 24.1. The third kappa shape index (κ3) is 4.39. The number of fused-ring (bicyclic) bond motifs is 2. The lowest BCUT2D eigenvalue weighted by atomic mass is 9.73. The molecule has 2 aromatic rings. The molecule has 184 valence electrons. The van der Waals surface area contributed by atoms with E-state index in [0.717, 1.165) is 68.7 Å². The van der Waals surface area contributed by atoms with E-state index in [1.165, 1.54) is 0 Å². The molecule has 1 amide bonds. The first-order chi connectivity index (χ1) is 16.2. The summed E-state index contributed by atoms with van der Waals surface area (Å²) in [6.07, 6.45) is 7.30. The summed E-state index contributed by atoms with van der Waals surface area (Å²) < 4.78 is 28.1. The predicted molar refractivity (Wildman–Crippen MR) is 132 cm³/mol. The Labute approximate surface area is 206 Å². The summed E-state index contributed by atoms with van der Waals surface area (Å²) in [5.41, 5.74) is 2.75. The molecule has 0 radical (unpaired) electrons. The molecule has 2 fully saturated rings. The molecule has 1 spiro atoms. The maximum Gasteiger partial charge on any atom is 0.237 e. The fourth-order valence-electron chi connectivity index (χ4n) is 5.73. The van der Waals surface area contributed by atoms with Gasteiger partial charge in [0, 0.05) is 48.6 Å². The van der Waals surface area contributed by atoms with Crippen LogP contribution in [0.3, 0.4) is 0 Å². The van der Waals surface area contributed by atoms with E-state index >= 15 is 0 Å². The van der Waals surface area contributed by atoms with Crippen molar-refractivity contribution in [1.29, 1.82) is 0 Å². The molecular weight excluding hydrogens is 474 g/mol. The molecule has 1 aromatic heterocycles. The van der Waals surface area contributed by atoms with Gasteiger partial charge in [0.05, 0.1) is 17.4 Å². The average molecular weight is 506 g/mol. The number of hydrogen-bond donors (Lipinski definition) is 1. The van der Waals surface area contributed by atoms with E-state index in [4.69, 9.17) is 11.6 Å². The maximum atomic E-state index is 13.2. The number of rotatable bonds is 7. The average Bonchev–Trinajstić information content (AvgIpc) is 3.30. The van der Waals surface area contributed by atoms with Crippen molar-refractivity contribution < 1.29 is 13.2 Å². The normalized spacial score (nSPS) is 24.4. The molecule has 1 saturated heterocycles. The molecule has 34 heavy (non-hydrogen) atoms. The van der Waals surface area contributed by atoms with Gasteiger partial charge in [-0.05, 0) is 75.4 Å². The molecule has 5 rings (SSSR count). The van der Waals surface area contributed by atoms with Gasteiger partial charge >= 0.3 is 0 Å². The van der Waals surface area contributed by atoms with Gasteiger partial charge in [-0.2, -0.15) is 5.10 Å². The summed E-state index contributed by atoms with van der Waals surface area (Å²) in [6, 6.07) is 5.83. The highest BCUT2D eigenvalue weighted by Gasteiger charge is 2.51. The van der Waals surface area contributed by atoms with E-state index < -0.39 is 15.4 Å². The Bertz CT molecular complexity index is 1180. The molecule has 1 N–H and O–H groups in total. The van der Waals surface area contributed by atoms with Crippen LogP contribution in [-0.4, -0.2) is 60.9 Å². The summed E-state index contributed by atoms with van der Waals surface area (Å²) in [6.45, 7) is 4.97. The minimum atomic E-state index is -3.13. The minimum absolute atomic E-state index is 0.0583. The van der Waals surface area contributed by atoms with Crippen LogP contribution in [0.5, 0.6) is 0 Å². The van der Waals surface area contributed by atoms with Gasteiger partial charge in [0.25, 0.3) is 0 Å². The van der Waals surface area contributed by atoms with Crippen LogP contribution in [0, 0.1) is 5.92 Å². The standard InChI is InChI=1S/C24H32ClN5O3S/c1-3-34(32,33)27-20-10-17(11-20)15-30-16-18(13-26-30)14-29-8-6-24(7-9-29)21-12-19(25)4-5-22(21)28(2)23(24)31/h4-5,12-13,16-17,20,27H,3,6-11,14-15H2,1-2H3/t17-,20-. The number of halogens is 1. The number of likely N-dealkylation sites (N-methyl/N-ethyl adjacent to an activating group) is 1. The Morgan fingerprint density at radius 3 is 2.68 bits per heavy atom. The number of nitrogens with zero attached hydrogens (tertiary/aromatic N) is 4. The van der Waals surface area contributed by atoms with Crippen molar-refractivity contribution in [3.63, 3.8) is 0 Å². The highest BCUT2D eigenvalue weighted by atomic mass is 35.5. The number of likely N-dealkylation sites (tertiary alicyclic amines) is 1. The zero-order valence-corrected chi connectivity index (χ0v) is 21.3. The van der Waals surface area contributed by atoms with Crippen LogP contribution in [0.25, 0.3) is 0 Å². The minimum Gasteiger partial charge on any atom is -0.314 e. The number of carbonyl (C=O) groups is 1. The van der Waals surface area contributed by atoms with Gasteiger partial charge in [0.1, 0.15) is 0 Å². The number of benzene rings is 1. The number of amides is 1. The van der Waals surface area contributed by atoms with E-state index in [1.807, 2.05) is 36.1 Å². The lowest BCUT2D eigenvalue weighted by molar-refractivity contribution is -0.124. The first-order valence-electron chi connectivity index (χ1n) is 12.0. The van der Waals surface area contributed by atoms with Gasteiger partial charge in [0.15, 0.2) is 0 Å².